The number of aromatic carboxylic acids is 1. The number of hydrogen-bond acceptors (Lipinski definition) is 4. The molecule has 0 atom stereocenters. The van der Waals surface area contributed by atoms with E-state index in [1.807, 2.05) is 0 Å². The normalized spacial score (nSPS) is 11.1. The van der Waals surface area contributed by atoms with Crippen molar-refractivity contribution in [2.45, 2.75) is 0 Å². The number of carboxylic acid groups (broad SMARTS) is 1. The number of carboxylic acids is 1. The van der Waals surface area contributed by atoms with Gasteiger partial charge >= 0.3 is 11.8 Å². The number of hydrogen-bond donors (Lipinski definition) is 1. The van der Waals surface area contributed by atoms with Gasteiger partial charge < -0.3 is 9.52 Å². The van der Waals surface area contributed by atoms with Crippen LogP contribution < -0.4 is 5.56 Å². The second kappa shape index (κ2) is 3.18. The summed E-state index contributed by atoms with van der Waals surface area (Å²) in [6.45, 7) is 0. The fraction of sp³-hybridized carbons (Fsp3) is 0. The van der Waals surface area contributed by atoms with Crippen LogP contribution in [-0.4, -0.2) is 20.5 Å². The van der Waals surface area contributed by atoms with Crippen molar-refractivity contribution in [2.24, 2.45) is 0 Å². The zero-order valence-corrected chi connectivity index (χ0v) is 8.45. The Morgan fingerprint density at radius 2 is 2.12 bits per heavy atom. The van der Waals surface area contributed by atoms with Crippen LogP contribution >= 0.6 is 0 Å². The first-order chi connectivity index (χ1) is 8.18. The summed E-state index contributed by atoms with van der Waals surface area (Å²) in [4.78, 5) is 26.6. The standard InChI is InChI=1S/C11H6N2O4/c14-9-6(10(15)16)5-12-11-13(9)7-3-1-2-4-8(7)17-11/h1-5H,(H,15,16). The lowest BCUT2D eigenvalue weighted by atomic mass is 10.3. The monoisotopic (exact) mass is 230 g/mol. The Morgan fingerprint density at radius 1 is 1.35 bits per heavy atom. The van der Waals surface area contributed by atoms with Crippen LogP contribution in [0.5, 0.6) is 0 Å². The van der Waals surface area contributed by atoms with E-state index in [-0.39, 0.29) is 11.4 Å². The molecule has 6 nitrogen and oxygen atoms in total. The highest BCUT2D eigenvalue weighted by Crippen LogP contribution is 2.16. The van der Waals surface area contributed by atoms with E-state index < -0.39 is 11.5 Å². The minimum absolute atomic E-state index is 0.0844. The van der Waals surface area contributed by atoms with Crippen molar-refractivity contribution in [1.82, 2.24) is 9.38 Å². The second-order valence-electron chi connectivity index (χ2n) is 3.47. The number of carbonyl (C=O) groups is 1. The maximum atomic E-state index is 11.9. The average molecular weight is 230 g/mol. The van der Waals surface area contributed by atoms with Crippen LogP contribution in [0.4, 0.5) is 0 Å². The van der Waals surface area contributed by atoms with Crippen LogP contribution in [-0.2, 0) is 0 Å². The quantitative estimate of drug-likeness (QED) is 0.677. The molecule has 0 saturated heterocycles. The van der Waals surface area contributed by atoms with E-state index in [2.05, 4.69) is 4.98 Å². The SMILES string of the molecule is O=C(O)c1cnc2oc3ccccc3n2c1=O. The van der Waals surface area contributed by atoms with Crippen molar-refractivity contribution < 1.29 is 14.3 Å². The van der Waals surface area contributed by atoms with E-state index in [0.29, 0.717) is 11.1 Å². The van der Waals surface area contributed by atoms with Crippen molar-refractivity contribution in [2.75, 3.05) is 0 Å². The summed E-state index contributed by atoms with van der Waals surface area (Å²) in [6.07, 6.45) is 1.00. The topological polar surface area (TPSA) is 84.8 Å². The van der Waals surface area contributed by atoms with Gasteiger partial charge in [0, 0.05) is 0 Å². The highest BCUT2D eigenvalue weighted by Gasteiger charge is 2.15. The van der Waals surface area contributed by atoms with Gasteiger partial charge in [-0.15, -0.1) is 0 Å². The second-order valence-corrected chi connectivity index (χ2v) is 3.47. The molecular weight excluding hydrogens is 224 g/mol. The van der Waals surface area contributed by atoms with Gasteiger partial charge in [0.2, 0.25) is 0 Å². The predicted octanol–water partition coefficient (Wildman–Crippen LogP) is 1.14. The van der Waals surface area contributed by atoms with Gasteiger partial charge in [-0.1, -0.05) is 12.1 Å². The van der Waals surface area contributed by atoms with E-state index in [0.717, 1.165) is 10.6 Å². The lowest BCUT2D eigenvalue weighted by Crippen LogP contribution is -2.21. The molecule has 0 aliphatic carbocycles. The van der Waals surface area contributed by atoms with Crippen LogP contribution in [0.25, 0.3) is 16.9 Å². The van der Waals surface area contributed by atoms with Crippen LogP contribution in [0.3, 0.4) is 0 Å². The van der Waals surface area contributed by atoms with E-state index in [1.54, 1.807) is 24.3 Å². The minimum atomic E-state index is -1.30. The van der Waals surface area contributed by atoms with E-state index in [9.17, 15) is 9.59 Å². The Bertz CT molecular complexity index is 800. The fourth-order valence-corrected chi connectivity index (χ4v) is 1.70. The molecule has 1 aromatic carbocycles. The van der Waals surface area contributed by atoms with Gasteiger partial charge in [-0.25, -0.2) is 14.2 Å². The highest BCUT2D eigenvalue weighted by atomic mass is 16.4. The van der Waals surface area contributed by atoms with Crippen molar-refractivity contribution >= 4 is 22.9 Å². The highest BCUT2D eigenvalue weighted by molar-refractivity contribution is 5.87. The molecule has 0 amide bonds. The number of fused-ring (bicyclic) bond motifs is 3. The minimum Gasteiger partial charge on any atom is -0.477 e. The predicted molar refractivity (Wildman–Crippen MR) is 58.2 cm³/mol. The Labute approximate surface area is 93.7 Å². The third-order valence-electron chi connectivity index (χ3n) is 2.47. The molecule has 0 bridgehead atoms. The Kier molecular flexibility index (Phi) is 1.79. The number of para-hydroxylation sites is 2. The summed E-state index contributed by atoms with van der Waals surface area (Å²) in [5, 5.41) is 8.85. The molecule has 1 N–H and O–H groups in total. The molecule has 17 heavy (non-hydrogen) atoms. The third kappa shape index (κ3) is 1.24. The molecule has 0 fully saturated rings. The van der Waals surface area contributed by atoms with Crippen LogP contribution in [0.2, 0.25) is 0 Å². The van der Waals surface area contributed by atoms with E-state index in [4.69, 9.17) is 9.52 Å². The molecule has 0 radical (unpaired) electrons. The molecule has 3 rings (SSSR count). The van der Waals surface area contributed by atoms with Gasteiger partial charge in [0.05, 0.1) is 11.7 Å². The maximum absolute atomic E-state index is 11.9. The number of aromatic nitrogens is 2. The van der Waals surface area contributed by atoms with Crippen LogP contribution in [0.15, 0.2) is 39.7 Å². The lowest BCUT2D eigenvalue weighted by Gasteiger charge is -1.94. The van der Waals surface area contributed by atoms with Crippen molar-refractivity contribution in [1.29, 1.82) is 0 Å². The van der Waals surface area contributed by atoms with Gasteiger partial charge in [-0.3, -0.25) is 4.79 Å². The van der Waals surface area contributed by atoms with Gasteiger partial charge in [0.1, 0.15) is 5.56 Å². The number of nitrogens with zero attached hydrogens (tertiary/aromatic N) is 2. The Morgan fingerprint density at radius 3 is 2.88 bits per heavy atom. The van der Waals surface area contributed by atoms with Crippen LogP contribution in [0.1, 0.15) is 10.4 Å². The Balaban J connectivity index is 2.57. The molecule has 2 aromatic heterocycles. The Hall–Kier alpha value is -2.63. The van der Waals surface area contributed by atoms with Crippen molar-refractivity contribution in [3.8, 4) is 0 Å². The largest absolute Gasteiger partial charge is 0.477 e. The molecule has 6 heteroatoms. The van der Waals surface area contributed by atoms with Crippen molar-refractivity contribution in [3.63, 3.8) is 0 Å². The summed E-state index contributed by atoms with van der Waals surface area (Å²) in [5.41, 5.74) is -0.0377. The zero-order chi connectivity index (χ0) is 12.0. The first-order valence-electron chi connectivity index (χ1n) is 4.81. The fourth-order valence-electron chi connectivity index (χ4n) is 1.70. The number of benzene rings is 1. The van der Waals surface area contributed by atoms with Crippen LogP contribution in [0, 0.1) is 0 Å². The molecule has 2 heterocycles. The summed E-state index contributed by atoms with van der Waals surface area (Å²) in [5.74, 6) is -1.22. The molecule has 0 unspecified atom stereocenters. The van der Waals surface area contributed by atoms with Crippen molar-refractivity contribution in [3.05, 3.63) is 46.4 Å². The summed E-state index contributed by atoms with van der Waals surface area (Å²) in [7, 11) is 0. The number of oxazole rings is 1. The molecule has 0 saturated carbocycles. The molecule has 0 spiro atoms. The smallest absolute Gasteiger partial charge is 0.342 e. The molecule has 84 valence electrons. The third-order valence-corrected chi connectivity index (χ3v) is 2.47. The van der Waals surface area contributed by atoms with Gasteiger partial charge in [-0.05, 0) is 12.1 Å². The molecule has 0 aliphatic heterocycles. The van der Waals surface area contributed by atoms with Gasteiger partial charge in [0.25, 0.3) is 5.56 Å². The average Bonchev–Trinajstić information content (AvgIpc) is 2.67. The van der Waals surface area contributed by atoms with E-state index in [1.165, 1.54) is 0 Å². The van der Waals surface area contributed by atoms with Gasteiger partial charge in [0.15, 0.2) is 5.58 Å². The molecule has 0 aliphatic rings. The molecular formula is C11H6N2O4. The summed E-state index contributed by atoms with van der Waals surface area (Å²) < 4.78 is 6.48. The first-order valence-corrected chi connectivity index (χ1v) is 4.81. The zero-order valence-electron chi connectivity index (χ0n) is 8.45. The summed E-state index contributed by atoms with van der Waals surface area (Å²) >= 11 is 0. The summed E-state index contributed by atoms with van der Waals surface area (Å²) in [6, 6.07) is 6.84. The first kappa shape index (κ1) is 9.59. The van der Waals surface area contributed by atoms with Gasteiger partial charge in [-0.2, -0.15) is 0 Å². The number of rotatable bonds is 1. The lowest BCUT2D eigenvalue weighted by molar-refractivity contribution is 0.0694. The maximum Gasteiger partial charge on any atom is 0.342 e. The van der Waals surface area contributed by atoms with E-state index >= 15 is 0 Å². The molecule has 3 aromatic rings.